The van der Waals surface area contributed by atoms with E-state index in [1.165, 1.54) is 14.2 Å². The van der Waals surface area contributed by atoms with Gasteiger partial charge in [-0.3, -0.25) is 20.2 Å². The SMILES string of the molecule is COC(=O)NC(=O)[C@@H](N[C@@H](c1nc(-c2ccc(-c3ccc(-c4c[nH]c([C@@H]5CCCN5C(=O)[C@@H](NC(=O)OC)C(C)C)n4)cc3)cc2)c[nH]1)C(C)C)C(C)C. The summed E-state index contributed by atoms with van der Waals surface area (Å²) in [5.41, 5.74) is 5.53. The Labute approximate surface area is 316 Å². The summed E-state index contributed by atoms with van der Waals surface area (Å²) < 4.78 is 9.35. The zero-order valence-electron chi connectivity index (χ0n) is 32.2. The number of benzene rings is 2. The molecule has 1 aliphatic heterocycles. The van der Waals surface area contributed by atoms with E-state index in [-0.39, 0.29) is 35.7 Å². The van der Waals surface area contributed by atoms with Gasteiger partial charge in [-0.15, -0.1) is 0 Å². The summed E-state index contributed by atoms with van der Waals surface area (Å²) in [6.07, 6.45) is 3.92. The number of amides is 4. The maximum absolute atomic E-state index is 13.5. The highest BCUT2D eigenvalue weighted by Crippen LogP contribution is 2.34. The first-order valence-electron chi connectivity index (χ1n) is 18.4. The number of imide groups is 1. The highest BCUT2D eigenvalue weighted by molar-refractivity contribution is 5.95. The van der Waals surface area contributed by atoms with Crippen molar-refractivity contribution in [2.75, 3.05) is 20.8 Å². The van der Waals surface area contributed by atoms with Gasteiger partial charge in [-0.05, 0) is 41.7 Å². The van der Waals surface area contributed by atoms with Gasteiger partial charge in [-0.1, -0.05) is 90.1 Å². The van der Waals surface area contributed by atoms with Gasteiger partial charge in [0.15, 0.2) is 0 Å². The van der Waals surface area contributed by atoms with Crippen LogP contribution in [0.5, 0.6) is 0 Å². The van der Waals surface area contributed by atoms with Crippen LogP contribution in [0.3, 0.4) is 0 Å². The summed E-state index contributed by atoms with van der Waals surface area (Å²) in [5.74, 6) is 0.710. The van der Waals surface area contributed by atoms with Crippen LogP contribution in [0.2, 0.25) is 0 Å². The van der Waals surface area contributed by atoms with Crippen molar-refractivity contribution in [1.29, 1.82) is 0 Å². The summed E-state index contributed by atoms with van der Waals surface area (Å²) in [7, 11) is 2.51. The zero-order chi connectivity index (χ0) is 39.1. The Morgan fingerprint density at radius 2 is 1.26 bits per heavy atom. The number of nitrogens with one attached hydrogen (secondary N) is 5. The molecular formula is C40H52N8O6. The number of hydrogen-bond acceptors (Lipinski definition) is 9. The van der Waals surface area contributed by atoms with E-state index in [0.717, 1.165) is 52.3 Å². The molecule has 5 N–H and O–H groups in total. The van der Waals surface area contributed by atoms with Gasteiger partial charge in [0.2, 0.25) is 11.8 Å². The minimum Gasteiger partial charge on any atom is -0.453 e. The molecule has 0 bridgehead atoms. The predicted molar refractivity (Wildman–Crippen MR) is 205 cm³/mol. The molecule has 0 spiro atoms. The number of likely N-dealkylation sites (tertiary alicyclic amines) is 1. The molecule has 1 fully saturated rings. The number of methoxy groups -OCH3 is 2. The Hall–Kier alpha value is -5.50. The minimum absolute atomic E-state index is 0.0919. The van der Waals surface area contributed by atoms with Gasteiger partial charge in [-0.25, -0.2) is 19.6 Å². The number of carbonyl (C=O) groups is 4. The van der Waals surface area contributed by atoms with Crippen LogP contribution >= 0.6 is 0 Å². The van der Waals surface area contributed by atoms with E-state index in [1.54, 1.807) is 4.90 Å². The first-order valence-corrected chi connectivity index (χ1v) is 18.4. The molecule has 1 aliphatic rings. The zero-order valence-corrected chi connectivity index (χ0v) is 32.2. The highest BCUT2D eigenvalue weighted by Gasteiger charge is 2.37. The van der Waals surface area contributed by atoms with Crippen molar-refractivity contribution in [3.8, 4) is 33.6 Å². The van der Waals surface area contributed by atoms with Gasteiger partial charge < -0.3 is 29.7 Å². The Bertz CT molecular complexity index is 1900. The first-order chi connectivity index (χ1) is 25.8. The standard InChI is InChI=1S/C40H52N8O6/c1-22(2)32(45-33(23(3)4)37(49)47-40(52)54-8)36-42-21-30(44-36)28-17-13-26(14-18-28)25-11-15-27(16-12-25)29-20-41-35(43-29)31-10-9-19-48(31)38(50)34(24(5)6)46-39(51)53-7/h11-18,20-24,31-34,45H,9-10,19H2,1-8H3,(H,41,43)(H,42,44)(H,46,51)(H,47,49,52)/t31-,32+,33-,34-/m0/s1. The lowest BCUT2D eigenvalue weighted by atomic mass is 9.97. The smallest absolute Gasteiger partial charge is 0.413 e. The number of nitrogens with zero attached hydrogens (tertiary/aromatic N) is 3. The summed E-state index contributed by atoms with van der Waals surface area (Å²) in [4.78, 5) is 68.1. The van der Waals surface area contributed by atoms with Gasteiger partial charge >= 0.3 is 12.2 Å². The maximum Gasteiger partial charge on any atom is 0.413 e. The maximum atomic E-state index is 13.5. The van der Waals surface area contributed by atoms with Crippen LogP contribution in [0, 0.1) is 17.8 Å². The van der Waals surface area contributed by atoms with E-state index in [4.69, 9.17) is 14.7 Å². The molecule has 4 atom stereocenters. The van der Waals surface area contributed by atoms with E-state index in [0.29, 0.717) is 12.4 Å². The van der Waals surface area contributed by atoms with Crippen molar-refractivity contribution in [3.05, 3.63) is 72.6 Å². The number of H-pyrrole nitrogens is 2. The first kappa shape index (κ1) is 39.7. The third kappa shape index (κ3) is 9.16. The van der Waals surface area contributed by atoms with Gasteiger partial charge in [0, 0.05) is 30.1 Å². The second-order valence-corrected chi connectivity index (χ2v) is 14.6. The number of aromatic nitrogens is 4. The molecule has 3 heterocycles. The molecule has 0 unspecified atom stereocenters. The number of carbonyl (C=O) groups excluding carboxylic acids is 4. The summed E-state index contributed by atoms with van der Waals surface area (Å²) >= 11 is 0. The Morgan fingerprint density at radius 1 is 0.722 bits per heavy atom. The number of aromatic amines is 2. The fourth-order valence-corrected chi connectivity index (χ4v) is 6.74. The lowest BCUT2D eigenvalue weighted by Gasteiger charge is -2.29. The van der Waals surface area contributed by atoms with Crippen molar-refractivity contribution in [2.45, 2.75) is 78.6 Å². The monoisotopic (exact) mass is 740 g/mol. The van der Waals surface area contributed by atoms with Crippen LogP contribution in [0.15, 0.2) is 60.9 Å². The number of ether oxygens (including phenoxy) is 2. The molecule has 14 nitrogen and oxygen atoms in total. The van der Waals surface area contributed by atoms with Crippen molar-refractivity contribution >= 4 is 24.0 Å². The largest absolute Gasteiger partial charge is 0.453 e. The summed E-state index contributed by atoms with van der Waals surface area (Å²) in [6, 6.07) is 14.5. The van der Waals surface area contributed by atoms with E-state index in [2.05, 4.69) is 54.9 Å². The van der Waals surface area contributed by atoms with Gasteiger partial charge in [0.25, 0.3) is 0 Å². The van der Waals surface area contributed by atoms with E-state index >= 15 is 0 Å². The van der Waals surface area contributed by atoms with E-state index in [9.17, 15) is 19.2 Å². The molecule has 14 heteroatoms. The van der Waals surface area contributed by atoms with Crippen LogP contribution in [-0.4, -0.2) is 81.7 Å². The lowest BCUT2D eigenvalue weighted by Crippen LogP contribution is -2.51. The van der Waals surface area contributed by atoms with Crippen molar-refractivity contribution in [1.82, 2.24) is 40.8 Å². The minimum atomic E-state index is -0.796. The molecule has 0 saturated carbocycles. The Kier molecular flexibility index (Phi) is 12.9. The average Bonchev–Trinajstić information content (AvgIpc) is 3.95. The molecule has 4 aromatic rings. The van der Waals surface area contributed by atoms with Crippen molar-refractivity contribution < 1.29 is 28.7 Å². The van der Waals surface area contributed by atoms with Crippen LogP contribution < -0.4 is 16.0 Å². The topological polar surface area (TPSA) is 183 Å². The molecule has 288 valence electrons. The second-order valence-electron chi connectivity index (χ2n) is 14.6. The average molecular weight is 741 g/mol. The molecule has 54 heavy (non-hydrogen) atoms. The van der Waals surface area contributed by atoms with Crippen LogP contribution in [0.25, 0.3) is 33.6 Å². The molecule has 1 saturated heterocycles. The van der Waals surface area contributed by atoms with Crippen molar-refractivity contribution in [3.63, 3.8) is 0 Å². The van der Waals surface area contributed by atoms with Crippen LogP contribution in [-0.2, 0) is 19.1 Å². The number of imidazole rings is 2. The molecule has 2 aromatic carbocycles. The third-order valence-corrected chi connectivity index (χ3v) is 9.81. The van der Waals surface area contributed by atoms with Crippen molar-refractivity contribution in [2.24, 2.45) is 17.8 Å². The second kappa shape index (κ2) is 17.5. The molecule has 2 aromatic heterocycles. The van der Waals surface area contributed by atoms with Crippen LogP contribution in [0.4, 0.5) is 9.59 Å². The predicted octanol–water partition coefficient (Wildman–Crippen LogP) is 6.37. The fraction of sp³-hybridized carbons (Fsp3) is 0.450. The fourth-order valence-electron chi connectivity index (χ4n) is 6.74. The molecule has 0 aliphatic carbocycles. The molecule has 4 amide bonds. The normalized spacial score (nSPS) is 16.0. The third-order valence-electron chi connectivity index (χ3n) is 9.81. The molecule has 5 rings (SSSR count). The Balaban J connectivity index is 1.25. The number of alkyl carbamates (subject to hydrolysis) is 2. The van der Waals surface area contributed by atoms with E-state index in [1.807, 2.05) is 78.2 Å². The quantitative estimate of drug-likeness (QED) is 0.104. The summed E-state index contributed by atoms with van der Waals surface area (Å²) in [5, 5.41) is 8.36. The summed E-state index contributed by atoms with van der Waals surface area (Å²) in [6.45, 7) is 12.3. The van der Waals surface area contributed by atoms with Gasteiger partial charge in [0.05, 0.1) is 43.7 Å². The van der Waals surface area contributed by atoms with Crippen LogP contribution in [0.1, 0.15) is 78.1 Å². The van der Waals surface area contributed by atoms with Gasteiger partial charge in [0.1, 0.15) is 17.7 Å². The molecular weight excluding hydrogens is 688 g/mol. The molecule has 0 radical (unpaired) electrons. The Morgan fingerprint density at radius 3 is 1.80 bits per heavy atom. The number of hydrogen-bond donors (Lipinski definition) is 5. The lowest BCUT2D eigenvalue weighted by molar-refractivity contribution is -0.135. The number of rotatable bonds is 13. The van der Waals surface area contributed by atoms with E-state index < -0.39 is 30.2 Å². The van der Waals surface area contributed by atoms with Gasteiger partial charge in [-0.2, -0.15) is 0 Å². The highest BCUT2D eigenvalue weighted by atomic mass is 16.5.